The number of hydrogen-bond donors (Lipinski definition) is 1. The summed E-state index contributed by atoms with van der Waals surface area (Å²) in [7, 11) is 0. The second-order valence-electron chi connectivity index (χ2n) is 4.65. The summed E-state index contributed by atoms with van der Waals surface area (Å²) in [6.45, 7) is 6.52. The highest BCUT2D eigenvalue weighted by Crippen LogP contribution is 2.17. The fraction of sp³-hybridized carbons (Fsp3) is 0.400. The fourth-order valence-corrected chi connectivity index (χ4v) is 2.18. The minimum Gasteiger partial charge on any atom is -0.346 e. The van der Waals surface area contributed by atoms with E-state index in [0.717, 1.165) is 25.1 Å². The third kappa shape index (κ3) is 2.76. The molecule has 17 heavy (non-hydrogen) atoms. The second-order valence-corrected chi connectivity index (χ2v) is 4.65. The quantitative estimate of drug-likeness (QED) is 0.851. The molecule has 0 unspecified atom stereocenters. The molecule has 2 rings (SSSR count). The molecule has 0 spiro atoms. The zero-order valence-electron chi connectivity index (χ0n) is 10.9. The molecule has 0 aliphatic carbocycles. The lowest BCUT2D eigenvalue weighted by molar-refractivity contribution is 0.851. The van der Waals surface area contributed by atoms with Crippen LogP contribution in [0.25, 0.3) is 0 Å². The molecule has 0 saturated carbocycles. The molecule has 0 aliphatic rings. The normalized spacial score (nSPS) is 10.8. The Morgan fingerprint density at radius 1 is 1.18 bits per heavy atom. The van der Waals surface area contributed by atoms with Crippen molar-refractivity contribution in [2.75, 3.05) is 0 Å². The zero-order chi connectivity index (χ0) is 12.3. The molecule has 2 nitrogen and oxygen atoms in total. The van der Waals surface area contributed by atoms with Crippen molar-refractivity contribution in [2.24, 2.45) is 0 Å². The Balaban J connectivity index is 2.19. The highest BCUT2D eigenvalue weighted by atomic mass is 14.9. The maximum atomic E-state index is 4.41. The van der Waals surface area contributed by atoms with E-state index in [2.05, 4.69) is 48.9 Å². The van der Waals surface area contributed by atoms with Crippen LogP contribution in [0.15, 0.2) is 24.4 Å². The summed E-state index contributed by atoms with van der Waals surface area (Å²) < 4.78 is 0. The Kier molecular flexibility index (Phi) is 3.62. The molecule has 90 valence electrons. The summed E-state index contributed by atoms with van der Waals surface area (Å²) in [6, 6.07) is 6.46. The molecule has 0 amide bonds. The number of benzene rings is 1. The Morgan fingerprint density at radius 3 is 2.53 bits per heavy atom. The Labute approximate surface area is 103 Å². The minimum atomic E-state index is 0.954. The van der Waals surface area contributed by atoms with Gasteiger partial charge < -0.3 is 4.98 Å². The van der Waals surface area contributed by atoms with Crippen molar-refractivity contribution >= 4 is 0 Å². The van der Waals surface area contributed by atoms with Crippen molar-refractivity contribution < 1.29 is 0 Å². The second kappa shape index (κ2) is 5.17. The monoisotopic (exact) mass is 228 g/mol. The van der Waals surface area contributed by atoms with Gasteiger partial charge in [-0.1, -0.05) is 25.1 Å². The van der Waals surface area contributed by atoms with Gasteiger partial charge in [0, 0.05) is 24.7 Å². The predicted molar refractivity (Wildman–Crippen MR) is 71.3 cm³/mol. The van der Waals surface area contributed by atoms with Crippen molar-refractivity contribution in [3.8, 4) is 0 Å². The lowest BCUT2D eigenvalue weighted by Gasteiger charge is -2.07. The van der Waals surface area contributed by atoms with Crippen molar-refractivity contribution in [1.82, 2.24) is 9.97 Å². The fourth-order valence-electron chi connectivity index (χ4n) is 2.18. The SMILES string of the molecule is CCCc1ncc(Cc2c(C)cccc2C)[nH]1. The van der Waals surface area contributed by atoms with E-state index in [9.17, 15) is 0 Å². The molecule has 2 heteroatoms. The maximum Gasteiger partial charge on any atom is 0.106 e. The van der Waals surface area contributed by atoms with Crippen molar-refractivity contribution in [3.05, 3.63) is 52.6 Å². The number of aryl methyl sites for hydroxylation is 3. The van der Waals surface area contributed by atoms with Gasteiger partial charge in [0.1, 0.15) is 5.82 Å². The van der Waals surface area contributed by atoms with E-state index < -0.39 is 0 Å². The van der Waals surface area contributed by atoms with E-state index in [1.54, 1.807) is 0 Å². The van der Waals surface area contributed by atoms with Gasteiger partial charge in [0.2, 0.25) is 0 Å². The third-order valence-corrected chi connectivity index (χ3v) is 3.18. The molecule has 0 radical (unpaired) electrons. The van der Waals surface area contributed by atoms with E-state index in [1.165, 1.54) is 22.4 Å². The summed E-state index contributed by atoms with van der Waals surface area (Å²) in [6.07, 6.45) is 5.09. The van der Waals surface area contributed by atoms with Gasteiger partial charge in [-0.25, -0.2) is 4.98 Å². The molecule has 1 heterocycles. The summed E-state index contributed by atoms with van der Waals surface area (Å²) in [4.78, 5) is 7.81. The number of rotatable bonds is 4. The Morgan fingerprint density at radius 2 is 1.88 bits per heavy atom. The topological polar surface area (TPSA) is 28.7 Å². The predicted octanol–water partition coefficient (Wildman–Crippen LogP) is 3.57. The lowest BCUT2D eigenvalue weighted by Crippen LogP contribution is -1.96. The number of nitrogens with one attached hydrogen (secondary N) is 1. The summed E-state index contributed by atoms with van der Waals surface area (Å²) >= 11 is 0. The zero-order valence-corrected chi connectivity index (χ0v) is 10.9. The largest absolute Gasteiger partial charge is 0.346 e. The average molecular weight is 228 g/mol. The standard InChI is InChI=1S/C15H20N2/c1-4-6-15-16-10-13(17-15)9-14-11(2)7-5-8-12(14)3/h5,7-8,10H,4,6,9H2,1-3H3,(H,16,17). The lowest BCUT2D eigenvalue weighted by atomic mass is 9.99. The third-order valence-electron chi connectivity index (χ3n) is 3.18. The average Bonchev–Trinajstić information content (AvgIpc) is 2.72. The Bertz CT molecular complexity index is 477. The van der Waals surface area contributed by atoms with Gasteiger partial charge in [-0.3, -0.25) is 0 Å². The van der Waals surface area contributed by atoms with Crippen LogP contribution >= 0.6 is 0 Å². The van der Waals surface area contributed by atoms with Crippen LogP contribution in [0, 0.1) is 13.8 Å². The number of imidazole rings is 1. The molecule has 1 aromatic heterocycles. The van der Waals surface area contributed by atoms with Gasteiger partial charge in [-0.2, -0.15) is 0 Å². The molecular weight excluding hydrogens is 208 g/mol. The summed E-state index contributed by atoms with van der Waals surface area (Å²) in [5.41, 5.74) is 5.35. The van der Waals surface area contributed by atoms with Crippen LogP contribution in [0.3, 0.4) is 0 Å². The highest BCUT2D eigenvalue weighted by molar-refractivity contribution is 5.36. The number of aromatic nitrogens is 2. The van der Waals surface area contributed by atoms with Crippen LogP contribution in [0.1, 0.15) is 41.6 Å². The molecule has 2 aromatic rings. The minimum absolute atomic E-state index is 0.954. The van der Waals surface area contributed by atoms with E-state index in [0.29, 0.717) is 0 Å². The van der Waals surface area contributed by atoms with Gasteiger partial charge in [0.25, 0.3) is 0 Å². The van der Waals surface area contributed by atoms with Crippen molar-refractivity contribution in [3.63, 3.8) is 0 Å². The molecule has 0 bridgehead atoms. The first-order valence-corrected chi connectivity index (χ1v) is 6.28. The molecule has 1 N–H and O–H groups in total. The van der Waals surface area contributed by atoms with Crippen molar-refractivity contribution in [1.29, 1.82) is 0 Å². The summed E-state index contributed by atoms with van der Waals surface area (Å²) in [5.74, 6) is 1.11. The molecule has 0 aliphatic heterocycles. The van der Waals surface area contributed by atoms with Crippen molar-refractivity contribution in [2.45, 2.75) is 40.0 Å². The smallest absolute Gasteiger partial charge is 0.106 e. The van der Waals surface area contributed by atoms with E-state index in [-0.39, 0.29) is 0 Å². The Hall–Kier alpha value is -1.57. The number of aromatic amines is 1. The molecule has 0 fully saturated rings. The first-order chi connectivity index (χ1) is 8.20. The van der Waals surface area contributed by atoms with Gasteiger partial charge in [-0.15, -0.1) is 0 Å². The van der Waals surface area contributed by atoms with Gasteiger partial charge in [0.15, 0.2) is 0 Å². The van der Waals surface area contributed by atoms with Crippen LogP contribution in [0.4, 0.5) is 0 Å². The molecule has 0 saturated heterocycles. The first kappa shape index (κ1) is 11.9. The van der Waals surface area contributed by atoms with Gasteiger partial charge in [0.05, 0.1) is 0 Å². The van der Waals surface area contributed by atoms with E-state index in [4.69, 9.17) is 0 Å². The molecular formula is C15H20N2. The summed E-state index contributed by atoms with van der Waals surface area (Å²) in [5, 5.41) is 0. The first-order valence-electron chi connectivity index (χ1n) is 6.28. The van der Waals surface area contributed by atoms with E-state index >= 15 is 0 Å². The highest BCUT2D eigenvalue weighted by Gasteiger charge is 2.05. The van der Waals surface area contributed by atoms with Crippen LogP contribution in [-0.2, 0) is 12.8 Å². The van der Waals surface area contributed by atoms with Crippen LogP contribution in [0.5, 0.6) is 0 Å². The number of hydrogen-bond acceptors (Lipinski definition) is 1. The number of H-pyrrole nitrogens is 1. The maximum absolute atomic E-state index is 4.41. The van der Waals surface area contributed by atoms with Gasteiger partial charge >= 0.3 is 0 Å². The molecule has 0 atom stereocenters. The van der Waals surface area contributed by atoms with Crippen LogP contribution in [-0.4, -0.2) is 9.97 Å². The van der Waals surface area contributed by atoms with Crippen LogP contribution in [0.2, 0.25) is 0 Å². The van der Waals surface area contributed by atoms with E-state index in [1.807, 2.05) is 6.20 Å². The van der Waals surface area contributed by atoms with Gasteiger partial charge in [-0.05, 0) is 37.0 Å². The van der Waals surface area contributed by atoms with Crippen LogP contribution < -0.4 is 0 Å². The molecule has 1 aromatic carbocycles. The number of nitrogens with zero attached hydrogens (tertiary/aromatic N) is 1.